The molecule has 1 N–H and O–H groups in total. The van der Waals surface area contributed by atoms with E-state index < -0.39 is 0 Å². The van der Waals surface area contributed by atoms with Gasteiger partial charge in [-0.1, -0.05) is 6.07 Å². The number of carbonyl (C=O) groups excluding carboxylic acids is 1. The highest BCUT2D eigenvalue weighted by molar-refractivity contribution is 6.01. The van der Waals surface area contributed by atoms with Crippen molar-refractivity contribution in [3.05, 3.63) is 35.7 Å². The van der Waals surface area contributed by atoms with Crippen LogP contribution in [0.3, 0.4) is 0 Å². The van der Waals surface area contributed by atoms with Gasteiger partial charge in [0.15, 0.2) is 0 Å². The first-order valence-electron chi connectivity index (χ1n) is 5.57. The lowest BCUT2D eigenvalue weighted by Crippen LogP contribution is -2.26. The van der Waals surface area contributed by atoms with Crippen molar-refractivity contribution in [2.75, 3.05) is 20.3 Å². The van der Waals surface area contributed by atoms with E-state index >= 15 is 0 Å². The zero-order valence-corrected chi connectivity index (χ0v) is 10.2. The van der Waals surface area contributed by atoms with Gasteiger partial charge >= 0.3 is 0 Å². The van der Waals surface area contributed by atoms with E-state index in [-0.39, 0.29) is 11.5 Å². The number of nitriles is 1. The van der Waals surface area contributed by atoms with Gasteiger partial charge in [0.05, 0.1) is 0 Å². The second-order valence-corrected chi connectivity index (χ2v) is 3.56. The molecule has 0 aliphatic rings. The summed E-state index contributed by atoms with van der Waals surface area (Å²) in [6.45, 7) is 1.06. The van der Waals surface area contributed by atoms with Gasteiger partial charge in [0.2, 0.25) is 0 Å². The van der Waals surface area contributed by atoms with Crippen LogP contribution in [-0.2, 0) is 9.53 Å². The van der Waals surface area contributed by atoms with Crippen molar-refractivity contribution >= 4 is 12.0 Å². The molecule has 0 bridgehead atoms. The van der Waals surface area contributed by atoms with Crippen LogP contribution in [0.15, 0.2) is 30.1 Å². The molecule has 94 valence electrons. The number of ether oxygens (including phenoxy) is 1. The lowest BCUT2D eigenvalue weighted by Gasteiger charge is -2.03. The monoisotopic (exact) mass is 245 g/mol. The molecule has 0 radical (unpaired) electrons. The number of rotatable bonds is 6. The average Bonchev–Trinajstić information content (AvgIpc) is 2.42. The van der Waals surface area contributed by atoms with Crippen molar-refractivity contribution in [1.82, 2.24) is 10.3 Å². The first-order valence-corrected chi connectivity index (χ1v) is 5.57. The van der Waals surface area contributed by atoms with E-state index in [2.05, 4.69) is 10.3 Å². The summed E-state index contributed by atoms with van der Waals surface area (Å²) < 4.78 is 4.87. The molecular formula is C13H15N3O2. The topological polar surface area (TPSA) is 75.0 Å². The van der Waals surface area contributed by atoms with Gasteiger partial charge in [-0.2, -0.15) is 5.26 Å². The van der Waals surface area contributed by atoms with Gasteiger partial charge in [-0.3, -0.25) is 9.78 Å². The first-order chi connectivity index (χ1) is 8.77. The second-order valence-electron chi connectivity index (χ2n) is 3.56. The van der Waals surface area contributed by atoms with Gasteiger partial charge < -0.3 is 10.1 Å². The van der Waals surface area contributed by atoms with Gasteiger partial charge in [0, 0.05) is 32.7 Å². The Morgan fingerprint density at radius 1 is 1.67 bits per heavy atom. The van der Waals surface area contributed by atoms with Crippen molar-refractivity contribution < 1.29 is 9.53 Å². The van der Waals surface area contributed by atoms with Crippen LogP contribution in [0.25, 0.3) is 6.08 Å². The number of pyridine rings is 1. The van der Waals surface area contributed by atoms with Gasteiger partial charge in [0.25, 0.3) is 5.91 Å². The molecule has 1 rings (SSSR count). The molecule has 1 aromatic rings. The maximum absolute atomic E-state index is 11.7. The normalized spacial score (nSPS) is 10.8. The molecule has 0 spiro atoms. The Balaban J connectivity index is 2.58. The quantitative estimate of drug-likeness (QED) is 0.463. The van der Waals surface area contributed by atoms with Crippen LogP contribution < -0.4 is 5.32 Å². The van der Waals surface area contributed by atoms with E-state index in [9.17, 15) is 4.79 Å². The molecule has 0 aliphatic heterocycles. The third kappa shape index (κ3) is 4.76. The standard InChI is InChI=1S/C13H15N3O2/c1-18-7-3-6-16-13(17)12(9-14)8-11-4-2-5-15-10-11/h2,4-5,8,10H,3,6-7H2,1H3,(H,16,17)/b12-8+. The Labute approximate surface area is 106 Å². The number of hydrogen-bond donors (Lipinski definition) is 1. The molecule has 18 heavy (non-hydrogen) atoms. The molecular weight excluding hydrogens is 230 g/mol. The minimum Gasteiger partial charge on any atom is -0.385 e. The Kier molecular flexibility index (Phi) is 6.15. The van der Waals surface area contributed by atoms with Crippen molar-refractivity contribution in [3.63, 3.8) is 0 Å². The maximum atomic E-state index is 11.7. The zero-order chi connectivity index (χ0) is 13.2. The smallest absolute Gasteiger partial charge is 0.261 e. The van der Waals surface area contributed by atoms with Crippen molar-refractivity contribution in [3.8, 4) is 6.07 Å². The number of aromatic nitrogens is 1. The average molecular weight is 245 g/mol. The summed E-state index contributed by atoms with van der Waals surface area (Å²) >= 11 is 0. The highest BCUT2D eigenvalue weighted by Gasteiger charge is 2.07. The van der Waals surface area contributed by atoms with Crippen LogP contribution in [0.1, 0.15) is 12.0 Å². The number of methoxy groups -OCH3 is 1. The summed E-state index contributed by atoms with van der Waals surface area (Å²) in [4.78, 5) is 15.6. The summed E-state index contributed by atoms with van der Waals surface area (Å²) in [6, 6.07) is 5.41. The van der Waals surface area contributed by atoms with Crippen LogP contribution in [0.4, 0.5) is 0 Å². The van der Waals surface area contributed by atoms with Crippen LogP contribution >= 0.6 is 0 Å². The summed E-state index contributed by atoms with van der Waals surface area (Å²) in [5.41, 5.74) is 0.793. The third-order valence-electron chi connectivity index (χ3n) is 2.17. The van der Waals surface area contributed by atoms with E-state index in [0.29, 0.717) is 19.6 Å². The number of nitrogens with one attached hydrogen (secondary N) is 1. The lowest BCUT2D eigenvalue weighted by atomic mass is 10.1. The Morgan fingerprint density at radius 2 is 2.50 bits per heavy atom. The van der Waals surface area contributed by atoms with E-state index in [1.54, 1.807) is 31.6 Å². The summed E-state index contributed by atoms with van der Waals surface area (Å²) in [5, 5.41) is 11.6. The van der Waals surface area contributed by atoms with E-state index in [0.717, 1.165) is 5.56 Å². The molecule has 5 nitrogen and oxygen atoms in total. The SMILES string of the molecule is COCCCNC(=O)/C(C#N)=C/c1cccnc1. The van der Waals surface area contributed by atoms with Crippen molar-refractivity contribution in [1.29, 1.82) is 5.26 Å². The second kappa shape index (κ2) is 7.98. The predicted octanol–water partition coefficient (Wildman–Crippen LogP) is 1.14. The van der Waals surface area contributed by atoms with E-state index in [4.69, 9.17) is 10.00 Å². The Hall–Kier alpha value is -2.19. The number of hydrogen-bond acceptors (Lipinski definition) is 4. The molecule has 0 saturated heterocycles. The highest BCUT2D eigenvalue weighted by Crippen LogP contribution is 2.04. The minimum atomic E-state index is -0.377. The van der Waals surface area contributed by atoms with Crippen LogP contribution in [-0.4, -0.2) is 31.2 Å². The summed E-state index contributed by atoms with van der Waals surface area (Å²) in [6.07, 6.45) is 5.45. The molecule has 0 atom stereocenters. The Morgan fingerprint density at radius 3 is 3.11 bits per heavy atom. The van der Waals surface area contributed by atoms with Crippen LogP contribution in [0, 0.1) is 11.3 Å². The van der Waals surface area contributed by atoms with Gasteiger partial charge in [-0.05, 0) is 24.1 Å². The zero-order valence-electron chi connectivity index (χ0n) is 10.2. The van der Waals surface area contributed by atoms with Gasteiger partial charge in [-0.15, -0.1) is 0 Å². The number of carbonyl (C=O) groups is 1. The predicted molar refractivity (Wildman–Crippen MR) is 67.3 cm³/mol. The molecule has 0 saturated carbocycles. The Bertz CT molecular complexity index is 449. The molecule has 0 aromatic carbocycles. The molecule has 1 heterocycles. The fraction of sp³-hybridized carbons (Fsp3) is 0.308. The van der Waals surface area contributed by atoms with Crippen LogP contribution in [0.5, 0.6) is 0 Å². The highest BCUT2D eigenvalue weighted by atomic mass is 16.5. The van der Waals surface area contributed by atoms with Crippen molar-refractivity contribution in [2.45, 2.75) is 6.42 Å². The molecule has 1 aromatic heterocycles. The lowest BCUT2D eigenvalue weighted by molar-refractivity contribution is -0.117. The van der Waals surface area contributed by atoms with E-state index in [1.807, 2.05) is 6.07 Å². The molecule has 5 heteroatoms. The fourth-order valence-electron chi connectivity index (χ4n) is 1.29. The van der Waals surface area contributed by atoms with Gasteiger partial charge in [-0.25, -0.2) is 0 Å². The first kappa shape index (κ1) is 13.9. The molecule has 0 unspecified atom stereocenters. The molecule has 0 aliphatic carbocycles. The van der Waals surface area contributed by atoms with Crippen molar-refractivity contribution in [2.24, 2.45) is 0 Å². The van der Waals surface area contributed by atoms with Crippen LogP contribution in [0.2, 0.25) is 0 Å². The fourth-order valence-corrected chi connectivity index (χ4v) is 1.29. The molecule has 0 fully saturated rings. The largest absolute Gasteiger partial charge is 0.385 e. The van der Waals surface area contributed by atoms with Gasteiger partial charge in [0.1, 0.15) is 11.6 Å². The molecule has 1 amide bonds. The third-order valence-corrected chi connectivity index (χ3v) is 2.17. The van der Waals surface area contributed by atoms with E-state index in [1.165, 1.54) is 6.08 Å². The maximum Gasteiger partial charge on any atom is 0.261 e. The minimum absolute atomic E-state index is 0.0698. The summed E-state index contributed by atoms with van der Waals surface area (Å²) in [7, 11) is 1.60. The number of nitrogens with zero attached hydrogens (tertiary/aromatic N) is 2. The summed E-state index contributed by atoms with van der Waals surface area (Å²) in [5.74, 6) is -0.377. The number of amides is 1.